The van der Waals surface area contributed by atoms with Crippen molar-refractivity contribution in [3.63, 3.8) is 0 Å². The topological polar surface area (TPSA) is 43.8 Å². The normalized spacial score (nSPS) is 27.2. The maximum Gasteiger partial charge on any atom is 0.228 e. The van der Waals surface area contributed by atoms with Crippen molar-refractivity contribution < 1.29 is 9.90 Å². The molecule has 1 aliphatic carbocycles. The molecule has 3 atom stereocenters. The molecular formula is C18H25ClN2O2. The Morgan fingerprint density at radius 1 is 1.22 bits per heavy atom. The Bertz CT molecular complexity index is 558. The van der Waals surface area contributed by atoms with Crippen molar-refractivity contribution in [1.29, 1.82) is 0 Å². The lowest BCUT2D eigenvalue weighted by Crippen LogP contribution is -2.51. The van der Waals surface area contributed by atoms with E-state index in [1.54, 1.807) is 0 Å². The van der Waals surface area contributed by atoms with Crippen LogP contribution in [0.5, 0.6) is 0 Å². The largest absolute Gasteiger partial charge is 0.392 e. The van der Waals surface area contributed by atoms with Gasteiger partial charge < -0.3 is 10.0 Å². The second kappa shape index (κ2) is 7.20. The van der Waals surface area contributed by atoms with E-state index in [4.69, 9.17) is 11.6 Å². The Morgan fingerprint density at radius 2 is 1.91 bits per heavy atom. The smallest absolute Gasteiger partial charge is 0.228 e. The molecule has 3 unspecified atom stereocenters. The van der Waals surface area contributed by atoms with E-state index >= 15 is 0 Å². The molecule has 1 saturated heterocycles. The van der Waals surface area contributed by atoms with E-state index in [1.807, 2.05) is 23.1 Å². The van der Waals surface area contributed by atoms with E-state index in [9.17, 15) is 9.90 Å². The minimum absolute atomic E-state index is 0.139. The highest BCUT2D eigenvalue weighted by molar-refractivity contribution is 6.31. The quantitative estimate of drug-likeness (QED) is 0.923. The number of nitrogens with zero attached hydrogens (tertiary/aromatic N) is 2. The summed E-state index contributed by atoms with van der Waals surface area (Å²) >= 11 is 6.30. The lowest BCUT2D eigenvalue weighted by Gasteiger charge is -2.39. The molecule has 1 heterocycles. The standard InChI is InChI=1S/C18H25ClN2O2/c1-13(14-5-2-3-7-16(14)19)20-9-11-21(12-10-20)18(23)15-6-4-8-17(15)22/h2-3,5,7,13,15,17,22H,4,6,8-12H2,1H3. The van der Waals surface area contributed by atoms with E-state index in [0.29, 0.717) is 0 Å². The molecule has 1 aromatic carbocycles. The second-order valence-electron chi connectivity index (χ2n) is 6.66. The molecule has 1 saturated carbocycles. The molecule has 1 aliphatic heterocycles. The third-order valence-corrected chi connectivity index (χ3v) is 5.67. The van der Waals surface area contributed by atoms with Gasteiger partial charge in [0.05, 0.1) is 12.0 Å². The molecule has 126 valence electrons. The summed E-state index contributed by atoms with van der Waals surface area (Å²) in [5.74, 6) is -0.0393. The third kappa shape index (κ3) is 3.54. The van der Waals surface area contributed by atoms with Crippen LogP contribution >= 0.6 is 11.6 Å². The van der Waals surface area contributed by atoms with Crippen molar-refractivity contribution in [3.05, 3.63) is 34.9 Å². The number of carbonyl (C=O) groups excluding carboxylic acids is 1. The molecular weight excluding hydrogens is 312 g/mol. The van der Waals surface area contributed by atoms with Gasteiger partial charge in [-0.1, -0.05) is 29.8 Å². The zero-order chi connectivity index (χ0) is 16.4. The summed E-state index contributed by atoms with van der Waals surface area (Å²) in [6, 6.07) is 8.20. The number of hydrogen-bond donors (Lipinski definition) is 1. The predicted octanol–water partition coefficient (Wildman–Crippen LogP) is 2.71. The van der Waals surface area contributed by atoms with Gasteiger partial charge in [-0.15, -0.1) is 0 Å². The van der Waals surface area contributed by atoms with Crippen LogP contribution in [0.2, 0.25) is 5.02 Å². The number of piperazine rings is 1. The molecule has 0 radical (unpaired) electrons. The molecule has 1 N–H and O–H groups in total. The summed E-state index contributed by atoms with van der Waals surface area (Å²) in [5.41, 5.74) is 1.14. The summed E-state index contributed by atoms with van der Waals surface area (Å²) in [6.07, 6.45) is 2.11. The molecule has 2 aliphatic rings. The molecule has 0 aromatic heterocycles. The minimum atomic E-state index is -0.442. The van der Waals surface area contributed by atoms with Crippen molar-refractivity contribution in [2.24, 2.45) is 5.92 Å². The maximum absolute atomic E-state index is 12.5. The number of aliphatic hydroxyl groups is 1. The van der Waals surface area contributed by atoms with Crippen LogP contribution in [0.25, 0.3) is 0 Å². The van der Waals surface area contributed by atoms with Crippen LogP contribution in [0.15, 0.2) is 24.3 Å². The zero-order valence-corrected chi connectivity index (χ0v) is 14.4. The average molecular weight is 337 g/mol. The molecule has 0 bridgehead atoms. The Hall–Kier alpha value is -1.10. The van der Waals surface area contributed by atoms with Gasteiger partial charge in [0.2, 0.25) is 5.91 Å². The monoisotopic (exact) mass is 336 g/mol. The SMILES string of the molecule is CC(c1ccccc1Cl)N1CCN(C(=O)C2CCCC2O)CC1. The van der Waals surface area contributed by atoms with Gasteiger partial charge >= 0.3 is 0 Å². The number of amides is 1. The number of carbonyl (C=O) groups is 1. The highest BCUT2D eigenvalue weighted by Crippen LogP contribution is 2.30. The van der Waals surface area contributed by atoms with Gasteiger partial charge in [0, 0.05) is 37.2 Å². The van der Waals surface area contributed by atoms with Gasteiger partial charge in [0.25, 0.3) is 0 Å². The van der Waals surface area contributed by atoms with Crippen LogP contribution in [-0.2, 0) is 4.79 Å². The highest BCUT2D eigenvalue weighted by Gasteiger charge is 2.35. The first-order chi connectivity index (χ1) is 11.1. The summed E-state index contributed by atoms with van der Waals surface area (Å²) < 4.78 is 0. The number of hydrogen-bond acceptors (Lipinski definition) is 3. The molecule has 3 rings (SSSR count). The summed E-state index contributed by atoms with van der Waals surface area (Å²) in [4.78, 5) is 16.8. The lowest BCUT2D eigenvalue weighted by atomic mass is 10.0. The molecule has 4 nitrogen and oxygen atoms in total. The van der Waals surface area contributed by atoms with Gasteiger partial charge in [-0.25, -0.2) is 0 Å². The van der Waals surface area contributed by atoms with E-state index < -0.39 is 6.10 Å². The Labute approximate surface area is 143 Å². The average Bonchev–Trinajstić information content (AvgIpc) is 3.00. The van der Waals surface area contributed by atoms with Crippen molar-refractivity contribution in [1.82, 2.24) is 9.80 Å². The van der Waals surface area contributed by atoms with Crippen molar-refractivity contribution >= 4 is 17.5 Å². The third-order valence-electron chi connectivity index (χ3n) is 5.33. The molecule has 5 heteroatoms. The number of aliphatic hydroxyl groups excluding tert-OH is 1. The fraction of sp³-hybridized carbons (Fsp3) is 0.611. The summed E-state index contributed by atoms with van der Waals surface area (Å²) in [5, 5.41) is 10.7. The van der Waals surface area contributed by atoms with E-state index in [-0.39, 0.29) is 17.9 Å². The van der Waals surface area contributed by atoms with Gasteiger partial charge in [0.15, 0.2) is 0 Å². The van der Waals surface area contributed by atoms with Crippen LogP contribution < -0.4 is 0 Å². The van der Waals surface area contributed by atoms with Gasteiger partial charge in [-0.05, 0) is 37.8 Å². The van der Waals surface area contributed by atoms with E-state index in [1.165, 1.54) is 0 Å². The van der Waals surface area contributed by atoms with Crippen molar-refractivity contribution in [3.8, 4) is 0 Å². The van der Waals surface area contributed by atoms with Gasteiger partial charge in [-0.2, -0.15) is 0 Å². The van der Waals surface area contributed by atoms with Crippen LogP contribution in [0.4, 0.5) is 0 Å². The Kier molecular flexibility index (Phi) is 5.24. The second-order valence-corrected chi connectivity index (χ2v) is 7.07. The molecule has 23 heavy (non-hydrogen) atoms. The zero-order valence-electron chi connectivity index (χ0n) is 13.6. The Morgan fingerprint density at radius 3 is 2.52 bits per heavy atom. The predicted molar refractivity (Wildman–Crippen MR) is 91.4 cm³/mol. The number of rotatable bonds is 3. The minimum Gasteiger partial charge on any atom is -0.392 e. The fourth-order valence-electron chi connectivity index (χ4n) is 3.80. The molecule has 0 spiro atoms. The van der Waals surface area contributed by atoms with E-state index in [0.717, 1.165) is 56.0 Å². The number of halogens is 1. The van der Waals surface area contributed by atoms with Gasteiger partial charge in [-0.3, -0.25) is 9.69 Å². The number of benzene rings is 1. The van der Waals surface area contributed by atoms with Crippen LogP contribution in [-0.4, -0.2) is 53.1 Å². The van der Waals surface area contributed by atoms with Gasteiger partial charge in [0.1, 0.15) is 0 Å². The maximum atomic E-state index is 12.5. The molecule has 1 amide bonds. The van der Waals surface area contributed by atoms with Crippen molar-refractivity contribution in [2.45, 2.75) is 38.3 Å². The molecule has 2 fully saturated rings. The first-order valence-corrected chi connectivity index (χ1v) is 8.91. The lowest BCUT2D eigenvalue weighted by molar-refractivity contribution is -0.140. The first kappa shape index (κ1) is 16.7. The van der Waals surface area contributed by atoms with Crippen LogP contribution in [0.1, 0.15) is 37.8 Å². The summed E-state index contributed by atoms with van der Waals surface area (Å²) in [6.45, 7) is 5.33. The van der Waals surface area contributed by atoms with Crippen LogP contribution in [0, 0.1) is 5.92 Å². The van der Waals surface area contributed by atoms with Crippen LogP contribution in [0.3, 0.4) is 0 Å². The Balaban J connectivity index is 1.58. The molecule has 1 aromatic rings. The fourth-order valence-corrected chi connectivity index (χ4v) is 4.10. The first-order valence-electron chi connectivity index (χ1n) is 8.53. The highest BCUT2D eigenvalue weighted by atomic mass is 35.5. The van der Waals surface area contributed by atoms with Crippen molar-refractivity contribution in [2.75, 3.05) is 26.2 Å². The van der Waals surface area contributed by atoms with E-state index in [2.05, 4.69) is 17.9 Å². The summed E-state index contributed by atoms with van der Waals surface area (Å²) in [7, 11) is 0.